The number of rotatable bonds is 5. The van der Waals surface area contributed by atoms with Crippen molar-refractivity contribution in [2.24, 2.45) is 16.5 Å². The summed E-state index contributed by atoms with van der Waals surface area (Å²) in [6.45, 7) is -0.424. The van der Waals surface area contributed by atoms with E-state index in [9.17, 15) is 24.6 Å². The molecule has 5 aliphatic rings. The first-order valence-corrected chi connectivity index (χ1v) is 15.0. The average Bonchev–Trinajstić information content (AvgIpc) is 3.75. The van der Waals surface area contributed by atoms with Crippen molar-refractivity contribution in [2.45, 2.75) is 36.0 Å². The van der Waals surface area contributed by atoms with E-state index < -0.39 is 47.4 Å². The average molecular weight is 623 g/mol. The Morgan fingerprint density at radius 2 is 1.76 bits per heavy atom. The number of carbonyl (C=O) groups is 3. The van der Waals surface area contributed by atoms with Gasteiger partial charge in [-0.05, 0) is 46.9 Å². The van der Waals surface area contributed by atoms with Crippen LogP contribution in [0.4, 0.5) is 10.5 Å². The van der Waals surface area contributed by atoms with Crippen LogP contribution < -0.4 is 32.3 Å². The molecule has 0 bridgehead atoms. The van der Waals surface area contributed by atoms with Gasteiger partial charge >= 0.3 is 12.0 Å². The molecule has 2 fully saturated rings. The van der Waals surface area contributed by atoms with Gasteiger partial charge in [-0.2, -0.15) is 0 Å². The molecule has 1 spiro atoms. The van der Waals surface area contributed by atoms with Gasteiger partial charge in [-0.3, -0.25) is 30.4 Å². The first-order valence-electron chi connectivity index (χ1n) is 15.0. The van der Waals surface area contributed by atoms with Crippen LogP contribution in [0.1, 0.15) is 21.5 Å². The van der Waals surface area contributed by atoms with Crippen LogP contribution in [-0.4, -0.2) is 98.7 Å². The van der Waals surface area contributed by atoms with Crippen molar-refractivity contribution in [1.29, 1.82) is 0 Å². The third kappa shape index (κ3) is 3.80. The molecule has 9 N–H and O–H groups in total. The minimum absolute atomic E-state index is 0.0398. The van der Waals surface area contributed by atoms with Gasteiger partial charge in [-0.15, -0.1) is 0 Å². The molecule has 1 aliphatic carbocycles. The lowest BCUT2D eigenvalue weighted by Gasteiger charge is -2.44. The van der Waals surface area contributed by atoms with E-state index in [0.717, 1.165) is 27.2 Å². The van der Waals surface area contributed by atoms with E-state index in [1.165, 1.54) is 9.48 Å². The maximum atomic E-state index is 13.8. The Morgan fingerprint density at radius 3 is 2.57 bits per heavy atom. The Kier molecular flexibility index (Phi) is 5.95. The molecule has 0 radical (unpaired) electrons. The van der Waals surface area contributed by atoms with Crippen molar-refractivity contribution in [1.82, 2.24) is 20.9 Å². The minimum atomic E-state index is -2.65. The number of aliphatic hydroxyl groups is 2. The lowest BCUT2D eigenvalue weighted by Crippen LogP contribution is -2.79. The second-order valence-corrected chi connectivity index (χ2v) is 12.2. The zero-order valence-electron chi connectivity index (χ0n) is 24.6. The molecule has 3 aromatic rings. The number of para-hydroxylation sites is 1. The van der Waals surface area contributed by atoms with E-state index in [2.05, 4.69) is 20.9 Å². The van der Waals surface area contributed by atoms with E-state index in [-0.39, 0.29) is 31.6 Å². The largest absolute Gasteiger partial charge is 0.370 e. The molecule has 0 saturated carbocycles. The van der Waals surface area contributed by atoms with Crippen LogP contribution in [0.25, 0.3) is 11.1 Å². The Labute approximate surface area is 263 Å². The van der Waals surface area contributed by atoms with Crippen molar-refractivity contribution in [3.63, 3.8) is 0 Å². The molecule has 14 heteroatoms. The maximum Gasteiger partial charge on any atom is 0.346 e. The summed E-state index contributed by atoms with van der Waals surface area (Å²) < 4.78 is 1.48. The molecule has 46 heavy (non-hydrogen) atoms. The number of imide groups is 1. The van der Waals surface area contributed by atoms with Crippen LogP contribution in [0.3, 0.4) is 0 Å². The molecule has 4 atom stereocenters. The molecule has 4 heterocycles. The number of nitrogens with two attached hydrogens (primary N) is 2. The third-order valence-corrected chi connectivity index (χ3v) is 9.77. The molecule has 3 aromatic carbocycles. The first-order chi connectivity index (χ1) is 22.1. The second-order valence-electron chi connectivity index (χ2n) is 12.2. The number of carbonyl (C=O) groups excluding carboxylic acids is 3. The predicted molar refractivity (Wildman–Crippen MR) is 167 cm³/mol. The SMILES string of the molecule is NC1=N[C@H]2[C@H](CN3C(=O)CN(c4ccccc4)C3=O)NC(N)=[N+]3CC(NC(=O)c4cccc5c4Cc4ccccc4-5)C(O)(O)[C@]23N1. The number of nitrogens with one attached hydrogen (secondary N) is 3. The van der Waals surface area contributed by atoms with Gasteiger partial charge in [0.15, 0.2) is 5.96 Å². The van der Waals surface area contributed by atoms with E-state index in [1.807, 2.05) is 36.4 Å². The summed E-state index contributed by atoms with van der Waals surface area (Å²) in [5.41, 5.74) is 15.8. The fourth-order valence-electron chi connectivity index (χ4n) is 7.64. The topological polar surface area (TPSA) is 202 Å². The van der Waals surface area contributed by atoms with Crippen molar-refractivity contribution < 1.29 is 29.2 Å². The normalized spacial score (nSPS) is 27.0. The summed E-state index contributed by atoms with van der Waals surface area (Å²) in [7, 11) is 0. The van der Waals surface area contributed by atoms with Crippen molar-refractivity contribution in [3.05, 3.63) is 89.5 Å². The highest BCUT2D eigenvalue weighted by atomic mass is 16.5. The Balaban J connectivity index is 1.08. The quantitative estimate of drug-likeness (QED) is 0.0811. The van der Waals surface area contributed by atoms with Gasteiger partial charge < -0.3 is 26.6 Å². The fourth-order valence-corrected chi connectivity index (χ4v) is 7.64. The van der Waals surface area contributed by atoms with Crippen molar-refractivity contribution in [3.8, 4) is 11.1 Å². The fraction of sp³-hybridized carbons (Fsp3) is 0.281. The minimum Gasteiger partial charge on any atom is -0.370 e. The van der Waals surface area contributed by atoms with Crippen LogP contribution in [0.15, 0.2) is 77.8 Å². The summed E-state index contributed by atoms with van der Waals surface area (Å²) in [6.07, 6.45) is 0.579. The van der Waals surface area contributed by atoms with Gasteiger partial charge in [-0.1, -0.05) is 54.6 Å². The third-order valence-electron chi connectivity index (χ3n) is 9.77. The van der Waals surface area contributed by atoms with Gasteiger partial charge in [0.1, 0.15) is 24.7 Å². The smallest absolute Gasteiger partial charge is 0.346 e. The number of amides is 4. The number of guanidine groups is 2. The summed E-state index contributed by atoms with van der Waals surface area (Å²) in [5, 5.41) is 32.7. The number of urea groups is 1. The van der Waals surface area contributed by atoms with Crippen molar-refractivity contribution in [2.75, 3.05) is 24.5 Å². The van der Waals surface area contributed by atoms with Gasteiger partial charge in [-0.25, -0.2) is 14.4 Å². The zero-order chi connectivity index (χ0) is 32.0. The van der Waals surface area contributed by atoms with Gasteiger partial charge in [0.05, 0.1) is 13.1 Å². The Hall–Kier alpha value is -5.47. The number of aliphatic imine (C=N–C) groups is 1. The molecule has 1 unspecified atom stereocenters. The Morgan fingerprint density at radius 1 is 1.02 bits per heavy atom. The molecule has 4 aliphatic heterocycles. The number of benzene rings is 3. The summed E-state index contributed by atoms with van der Waals surface area (Å²) in [6, 6.07) is 18.6. The summed E-state index contributed by atoms with van der Waals surface area (Å²) in [5.74, 6) is -3.60. The van der Waals surface area contributed by atoms with Crippen LogP contribution >= 0.6 is 0 Å². The van der Waals surface area contributed by atoms with Crippen LogP contribution in [0, 0.1) is 0 Å². The van der Waals surface area contributed by atoms with E-state index in [0.29, 0.717) is 17.7 Å². The number of nitrogens with zero attached hydrogens (tertiary/aromatic N) is 4. The molecular formula is C32H32N9O5+. The monoisotopic (exact) mass is 622 g/mol. The number of hydrogen-bond donors (Lipinski definition) is 7. The number of hydrogen-bond acceptors (Lipinski definition) is 10. The first kappa shape index (κ1) is 28.0. The van der Waals surface area contributed by atoms with Crippen LogP contribution in [-0.2, 0) is 11.2 Å². The van der Waals surface area contributed by atoms with Gasteiger partial charge in [0.2, 0.25) is 11.4 Å². The molecule has 0 aromatic heterocycles. The standard InChI is InChI=1S/C32H31N9O5/c33-28-37-26-23(14-40-25(42)16-39(30(40)44)18-8-2-1-3-9-18)35-29(34)41-15-24(32(45,46)31(26,41)38-28)36-27(43)21-12-6-11-20-19-10-5-4-7-17(19)13-22(20)21/h1-12,23-24,26,45-46H,13-16H2,(H6,33,34,35,36,37,38,43)/p+1/t23-,24?,26-,31-/m0/s1. The van der Waals surface area contributed by atoms with Crippen LogP contribution in [0.2, 0.25) is 0 Å². The second kappa shape index (κ2) is 9.76. The highest BCUT2D eigenvalue weighted by Crippen LogP contribution is 2.42. The molecule has 2 saturated heterocycles. The lowest BCUT2D eigenvalue weighted by molar-refractivity contribution is -0.623. The molecule has 14 nitrogen and oxygen atoms in total. The van der Waals surface area contributed by atoms with E-state index in [4.69, 9.17) is 11.5 Å². The summed E-state index contributed by atoms with van der Waals surface area (Å²) in [4.78, 5) is 47.2. The zero-order valence-corrected chi connectivity index (χ0v) is 24.6. The lowest BCUT2D eigenvalue weighted by atomic mass is 9.85. The van der Waals surface area contributed by atoms with Gasteiger partial charge in [0, 0.05) is 11.3 Å². The van der Waals surface area contributed by atoms with Crippen LogP contribution in [0.5, 0.6) is 0 Å². The predicted octanol–water partition coefficient (Wildman–Crippen LogP) is -1.20. The molecular weight excluding hydrogens is 590 g/mol. The van der Waals surface area contributed by atoms with E-state index in [1.54, 1.807) is 36.4 Å². The number of fused-ring (bicyclic) bond motifs is 3. The van der Waals surface area contributed by atoms with Crippen molar-refractivity contribution >= 4 is 35.5 Å². The molecule has 8 rings (SSSR count). The highest BCUT2D eigenvalue weighted by molar-refractivity contribution is 6.12. The summed E-state index contributed by atoms with van der Waals surface area (Å²) >= 11 is 0. The number of anilines is 1. The van der Waals surface area contributed by atoms with E-state index >= 15 is 0 Å². The highest BCUT2D eigenvalue weighted by Gasteiger charge is 2.75. The molecule has 4 amide bonds. The van der Waals surface area contributed by atoms with Gasteiger partial charge in [0.25, 0.3) is 11.8 Å². The Bertz CT molecular complexity index is 1890. The maximum absolute atomic E-state index is 13.8. The molecule has 234 valence electrons.